The Kier molecular flexibility index (Phi) is 6.37. The molecule has 0 bridgehead atoms. The third-order valence-corrected chi connectivity index (χ3v) is 4.11. The lowest BCUT2D eigenvalue weighted by atomic mass is 9.81. The van der Waals surface area contributed by atoms with Gasteiger partial charge < -0.3 is 16.2 Å². The van der Waals surface area contributed by atoms with Crippen LogP contribution in [0.3, 0.4) is 0 Å². The van der Waals surface area contributed by atoms with E-state index in [4.69, 9.17) is 5.73 Å². The summed E-state index contributed by atoms with van der Waals surface area (Å²) in [6, 6.07) is 8.31. The Hall–Kier alpha value is -1.88. The van der Waals surface area contributed by atoms with Crippen molar-refractivity contribution in [3.63, 3.8) is 0 Å². The Bertz CT molecular complexity index is 461. The highest BCUT2D eigenvalue weighted by Gasteiger charge is 2.35. The lowest BCUT2D eigenvalue weighted by Crippen LogP contribution is -2.51. The Morgan fingerprint density at radius 1 is 1.24 bits per heavy atom. The molecule has 1 amide bonds. The quantitative estimate of drug-likeness (QED) is 0.678. The van der Waals surface area contributed by atoms with Crippen LogP contribution in [0.15, 0.2) is 30.3 Å². The van der Waals surface area contributed by atoms with Crippen LogP contribution in [-0.2, 0) is 16.0 Å². The molecule has 1 unspecified atom stereocenters. The Balaban J connectivity index is 2.84. The van der Waals surface area contributed by atoms with Gasteiger partial charge in [-0.25, -0.2) is 4.79 Å². The van der Waals surface area contributed by atoms with Crippen molar-refractivity contribution in [3.05, 3.63) is 35.9 Å². The smallest absolute Gasteiger partial charge is 0.326 e. The number of rotatable bonds is 8. The first-order valence-electron chi connectivity index (χ1n) is 7.26. The molecule has 0 saturated carbocycles. The second-order valence-electron chi connectivity index (χ2n) is 5.25. The van der Waals surface area contributed by atoms with Crippen LogP contribution in [0.2, 0.25) is 0 Å². The first-order valence-corrected chi connectivity index (χ1v) is 7.26. The fraction of sp³-hybridized carbons (Fsp3) is 0.500. The largest absolute Gasteiger partial charge is 0.480 e. The summed E-state index contributed by atoms with van der Waals surface area (Å²) in [5.41, 5.74) is 5.91. The molecule has 0 spiro atoms. The van der Waals surface area contributed by atoms with E-state index in [1.807, 2.05) is 44.2 Å². The molecule has 21 heavy (non-hydrogen) atoms. The average Bonchev–Trinajstić information content (AvgIpc) is 2.50. The van der Waals surface area contributed by atoms with Crippen molar-refractivity contribution in [2.75, 3.05) is 6.54 Å². The first-order chi connectivity index (χ1) is 9.99. The maximum Gasteiger partial charge on any atom is 0.326 e. The van der Waals surface area contributed by atoms with Crippen LogP contribution in [0.4, 0.5) is 0 Å². The lowest BCUT2D eigenvalue weighted by molar-refractivity contribution is -0.144. The van der Waals surface area contributed by atoms with Gasteiger partial charge in [-0.1, -0.05) is 44.2 Å². The second-order valence-corrected chi connectivity index (χ2v) is 5.25. The molecule has 4 N–H and O–H groups in total. The number of carboxylic acids is 1. The molecular weight excluding hydrogens is 268 g/mol. The number of carboxylic acid groups (broad SMARTS) is 1. The van der Waals surface area contributed by atoms with E-state index in [0.29, 0.717) is 12.8 Å². The van der Waals surface area contributed by atoms with Gasteiger partial charge in [0.2, 0.25) is 5.91 Å². The van der Waals surface area contributed by atoms with Gasteiger partial charge in [0.15, 0.2) is 0 Å². The summed E-state index contributed by atoms with van der Waals surface area (Å²) < 4.78 is 0. The van der Waals surface area contributed by atoms with E-state index < -0.39 is 17.4 Å². The van der Waals surface area contributed by atoms with Crippen molar-refractivity contribution in [1.29, 1.82) is 0 Å². The second kappa shape index (κ2) is 7.78. The van der Waals surface area contributed by atoms with Crippen LogP contribution in [0.5, 0.6) is 0 Å². The van der Waals surface area contributed by atoms with Gasteiger partial charge in [-0.15, -0.1) is 0 Å². The monoisotopic (exact) mass is 292 g/mol. The van der Waals surface area contributed by atoms with E-state index in [0.717, 1.165) is 5.56 Å². The minimum atomic E-state index is -1.04. The molecule has 0 heterocycles. The summed E-state index contributed by atoms with van der Waals surface area (Å²) in [6.07, 6.45) is 1.43. The van der Waals surface area contributed by atoms with Crippen molar-refractivity contribution in [2.24, 2.45) is 11.1 Å². The molecule has 5 nitrogen and oxygen atoms in total. The highest BCUT2D eigenvalue weighted by Crippen LogP contribution is 2.25. The maximum absolute atomic E-state index is 12.4. The average molecular weight is 292 g/mol. The van der Waals surface area contributed by atoms with Crippen molar-refractivity contribution in [2.45, 2.75) is 39.2 Å². The fourth-order valence-electron chi connectivity index (χ4n) is 2.31. The van der Waals surface area contributed by atoms with Crippen LogP contribution in [0, 0.1) is 5.41 Å². The molecule has 1 aromatic rings. The highest BCUT2D eigenvalue weighted by molar-refractivity contribution is 5.87. The topological polar surface area (TPSA) is 92.4 Å². The molecule has 0 aliphatic heterocycles. The molecule has 1 rings (SSSR count). The predicted octanol–water partition coefficient (Wildman–Crippen LogP) is 1.56. The predicted molar refractivity (Wildman–Crippen MR) is 81.8 cm³/mol. The SMILES string of the molecule is CCC(CC)(CN)C(=O)NC(Cc1ccccc1)C(=O)O. The van der Waals surface area contributed by atoms with Crippen LogP contribution >= 0.6 is 0 Å². The number of carbonyl (C=O) groups excluding carboxylic acids is 1. The summed E-state index contributed by atoms with van der Waals surface area (Å²) in [6.45, 7) is 4.00. The van der Waals surface area contributed by atoms with Gasteiger partial charge in [-0.05, 0) is 18.4 Å². The molecule has 0 radical (unpaired) electrons. The van der Waals surface area contributed by atoms with Crippen LogP contribution in [0.25, 0.3) is 0 Å². The third-order valence-electron chi connectivity index (χ3n) is 4.11. The van der Waals surface area contributed by atoms with Gasteiger partial charge >= 0.3 is 5.97 Å². The van der Waals surface area contributed by atoms with Crippen LogP contribution in [-0.4, -0.2) is 29.6 Å². The molecular formula is C16H24N2O3. The summed E-state index contributed by atoms with van der Waals surface area (Å²) in [5, 5.41) is 12.0. The molecule has 0 aliphatic carbocycles. The van der Waals surface area contributed by atoms with E-state index in [1.165, 1.54) is 0 Å². The van der Waals surface area contributed by atoms with Gasteiger partial charge in [-0.3, -0.25) is 4.79 Å². The van der Waals surface area contributed by atoms with E-state index >= 15 is 0 Å². The Morgan fingerprint density at radius 3 is 2.24 bits per heavy atom. The normalized spacial score (nSPS) is 12.7. The Morgan fingerprint density at radius 2 is 1.81 bits per heavy atom. The van der Waals surface area contributed by atoms with Gasteiger partial charge in [-0.2, -0.15) is 0 Å². The number of benzene rings is 1. The number of amides is 1. The van der Waals surface area contributed by atoms with Gasteiger partial charge in [0.05, 0.1) is 5.41 Å². The zero-order valence-corrected chi connectivity index (χ0v) is 12.6. The first kappa shape index (κ1) is 17.2. The third kappa shape index (κ3) is 4.29. The van der Waals surface area contributed by atoms with E-state index in [2.05, 4.69) is 5.32 Å². The zero-order chi connectivity index (χ0) is 15.9. The molecule has 116 valence electrons. The fourth-order valence-corrected chi connectivity index (χ4v) is 2.31. The van der Waals surface area contributed by atoms with E-state index in [1.54, 1.807) is 0 Å². The Labute approximate surface area is 125 Å². The van der Waals surface area contributed by atoms with E-state index in [9.17, 15) is 14.7 Å². The summed E-state index contributed by atoms with van der Waals surface area (Å²) >= 11 is 0. The molecule has 0 aliphatic rings. The lowest BCUT2D eigenvalue weighted by Gasteiger charge is -2.30. The van der Waals surface area contributed by atoms with Crippen molar-refractivity contribution in [1.82, 2.24) is 5.32 Å². The molecule has 5 heteroatoms. The van der Waals surface area contributed by atoms with E-state index in [-0.39, 0.29) is 18.9 Å². The minimum Gasteiger partial charge on any atom is -0.480 e. The number of hydrogen-bond acceptors (Lipinski definition) is 3. The molecule has 0 aromatic heterocycles. The summed E-state index contributed by atoms with van der Waals surface area (Å²) in [5.74, 6) is -1.32. The van der Waals surface area contributed by atoms with Crippen LogP contribution in [0.1, 0.15) is 32.3 Å². The molecule has 0 fully saturated rings. The number of nitrogens with one attached hydrogen (secondary N) is 1. The van der Waals surface area contributed by atoms with Gasteiger partial charge in [0.25, 0.3) is 0 Å². The van der Waals surface area contributed by atoms with Crippen molar-refractivity contribution < 1.29 is 14.7 Å². The van der Waals surface area contributed by atoms with Gasteiger partial charge in [0, 0.05) is 13.0 Å². The molecule has 0 saturated heterocycles. The maximum atomic E-state index is 12.4. The minimum absolute atomic E-state index is 0.212. The zero-order valence-electron chi connectivity index (χ0n) is 12.6. The standard InChI is InChI=1S/C16H24N2O3/c1-3-16(4-2,11-17)15(21)18-13(14(19)20)10-12-8-6-5-7-9-12/h5-9,13H,3-4,10-11,17H2,1-2H3,(H,18,21)(H,19,20). The molecule has 1 aromatic carbocycles. The van der Waals surface area contributed by atoms with Crippen molar-refractivity contribution in [3.8, 4) is 0 Å². The number of aliphatic carboxylic acids is 1. The number of hydrogen-bond donors (Lipinski definition) is 3. The summed E-state index contributed by atoms with van der Waals surface area (Å²) in [7, 11) is 0. The van der Waals surface area contributed by atoms with Gasteiger partial charge in [0.1, 0.15) is 6.04 Å². The number of carbonyl (C=O) groups is 2. The van der Waals surface area contributed by atoms with Crippen molar-refractivity contribution >= 4 is 11.9 Å². The summed E-state index contributed by atoms with van der Waals surface area (Å²) in [4.78, 5) is 23.8. The van der Waals surface area contributed by atoms with Crippen LogP contribution < -0.4 is 11.1 Å². The molecule has 1 atom stereocenters. The highest BCUT2D eigenvalue weighted by atomic mass is 16.4. The number of nitrogens with two attached hydrogens (primary N) is 1.